The lowest BCUT2D eigenvalue weighted by Gasteiger charge is -2.15. The lowest BCUT2D eigenvalue weighted by Crippen LogP contribution is -2.20. The van der Waals surface area contributed by atoms with E-state index in [2.05, 4.69) is 30.0 Å². The second-order valence-electron chi connectivity index (χ2n) is 6.95. The van der Waals surface area contributed by atoms with E-state index in [0.717, 1.165) is 30.4 Å². The van der Waals surface area contributed by atoms with Gasteiger partial charge in [0.15, 0.2) is 5.82 Å². The first-order valence-corrected chi connectivity index (χ1v) is 9.07. The molecular formula is C18H23N7O. The summed E-state index contributed by atoms with van der Waals surface area (Å²) in [6, 6.07) is -0.120. The van der Waals surface area contributed by atoms with Gasteiger partial charge in [0.1, 0.15) is 11.9 Å². The van der Waals surface area contributed by atoms with Crippen LogP contribution in [0.25, 0.3) is 11.4 Å². The van der Waals surface area contributed by atoms with Crippen molar-refractivity contribution in [3.63, 3.8) is 0 Å². The Morgan fingerprint density at radius 2 is 1.77 bits per heavy atom. The summed E-state index contributed by atoms with van der Waals surface area (Å²) in [6.45, 7) is 8.16. The van der Waals surface area contributed by atoms with E-state index in [9.17, 15) is 0 Å². The third kappa shape index (κ3) is 3.07. The lowest BCUT2D eigenvalue weighted by molar-refractivity contribution is 0.341. The molecule has 1 unspecified atom stereocenters. The van der Waals surface area contributed by atoms with Gasteiger partial charge in [-0.1, -0.05) is 19.0 Å². The molecule has 3 aromatic heterocycles. The van der Waals surface area contributed by atoms with Crippen LogP contribution < -0.4 is 4.90 Å². The Morgan fingerprint density at radius 3 is 2.42 bits per heavy atom. The molecule has 0 aliphatic carbocycles. The van der Waals surface area contributed by atoms with Gasteiger partial charge in [0, 0.05) is 43.8 Å². The highest BCUT2D eigenvalue weighted by Gasteiger charge is 2.21. The van der Waals surface area contributed by atoms with Crippen LogP contribution in [0.5, 0.6) is 0 Å². The third-order valence-electron chi connectivity index (χ3n) is 4.70. The summed E-state index contributed by atoms with van der Waals surface area (Å²) in [4.78, 5) is 20.3. The molecule has 26 heavy (non-hydrogen) atoms. The average Bonchev–Trinajstić information content (AvgIpc) is 3.42. The number of imidazole rings is 1. The summed E-state index contributed by atoms with van der Waals surface area (Å²) in [6.07, 6.45) is 9.75. The van der Waals surface area contributed by atoms with Gasteiger partial charge in [-0.25, -0.2) is 15.0 Å². The Balaban J connectivity index is 1.59. The molecule has 1 atom stereocenters. The zero-order valence-electron chi connectivity index (χ0n) is 15.3. The third-order valence-corrected chi connectivity index (χ3v) is 4.70. The first kappa shape index (κ1) is 16.7. The van der Waals surface area contributed by atoms with Crippen LogP contribution in [0.2, 0.25) is 0 Å². The summed E-state index contributed by atoms with van der Waals surface area (Å²) >= 11 is 0. The van der Waals surface area contributed by atoms with Crippen LogP contribution in [-0.2, 0) is 0 Å². The molecule has 4 heterocycles. The zero-order valence-corrected chi connectivity index (χ0v) is 15.3. The molecule has 0 spiro atoms. The maximum absolute atomic E-state index is 5.44. The second kappa shape index (κ2) is 6.86. The Bertz CT molecular complexity index is 862. The highest BCUT2D eigenvalue weighted by atomic mass is 16.5. The second-order valence-corrected chi connectivity index (χ2v) is 6.95. The number of nitrogens with zero attached hydrogens (tertiary/aromatic N) is 7. The fourth-order valence-corrected chi connectivity index (χ4v) is 3.14. The maximum Gasteiger partial charge on any atom is 0.249 e. The minimum atomic E-state index is -0.120. The first-order chi connectivity index (χ1) is 12.6. The van der Waals surface area contributed by atoms with Crippen LogP contribution in [-0.4, -0.2) is 42.7 Å². The standard InChI is InChI=1S/C18H23N7O/c1-12(2)15-22-17(26-23-15)13(3)25-9-6-19-16(25)14-10-20-18(21-11-14)24-7-4-5-8-24/h6,9-13H,4-5,7-8H2,1-3H3. The Labute approximate surface area is 152 Å². The van der Waals surface area contributed by atoms with Crippen LogP contribution in [0.15, 0.2) is 29.3 Å². The quantitative estimate of drug-likeness (QED) is 0.697. The van der Waals surface area contributed by atoms with Crippen molar-refractivity contribution in [3.05, 3.63) is 36.5 Å². The Hall–Kier alpha value is -2.77. The number of anilines is 1. The monoisotopic (exact) mass is 353 g/mol. The zero-order chi connectivity index (χ0) is 18.1. The average molecular weight is 353 g/mol. The van der Waals surface area contributed by atoms with E-state index >= 15 is 0 Å². The van der Waals surface area contributed by atoms with Crippen LogP contribution in [0, 0.1) is 0 Å². The molecule has 0 amide bonds. The SMILES string of the molecule is CC(C)c1noc(C(C)n2ccnc2-c2cnc(N3CCCC3)nc2)n1. The maximum atomic E-state index is 5.44. The van der Waals surface area contributed by atoms with E-state index in [0.29, 0.717) is 11.7 Å². The largest absolute Gasteiger partial charge is 0.341 e. The van der Waals surface area contributed by atoms with Gasteiger partial charge in [-0.3, -0.25) is 0 Å². The van der Waals surface area contributed by atoms with E-state index < -0.39 is 0 Å². The number of aromatic nitrogens is 6. The summed E-state index contributed by atoms with van der Waals surface area (Å²) in [5.74, 6) is 3.09. The smallest absolute Gasteiger partial charge is 0.249 e. The highest BCUT2D eigenvalue weighted by molar-refractivity contribution is 5.54. The van der Waals surface area contributed by atoms with E-state index in [1.54, 1.807) is 6.20 Å². The summed E-state index contributed by atoms with van der Waals surface area (Å²) in [7, 11) is 0. The van der Waals surface area contributed by atoms with Crippen molar-refractivity contribution >= 4 is 5.95 Å². The summed E-state index contributed by atoms with van der Waals surface area (Å²) in [5, 5.41) is 4.05. The Kier molecular flexibility index (Phi) is 4.40. The van der Waals surface area contributed by atoms with Crippen molar-refractivity contribution in [1.82, 2.24) is 29.7 Å². The van der Waals surface area contributed by atoms with E-state index in [-0.39, 0.29) is 12.0 Å². The predicted octanol–water partition coefficient (Wildman–Crippen LogP) is 3.06. The fraction of sp³-hybridized carbons (Fsp3) is 0.500. The summed E-state index contributed by atoms with van der Waals surface area (Å²) < 4.78 is 7.45. The molecule has 8 nitrogen and oxygen atoms in total. The fourth-order valence-electron chi connectivity index (χ4n) is 3.14. The van der Waals surface area contributed by atoms with Crippen molar-refractivity contribution in [2.24, 2.45) is 0 Å². The molecule has 0 aromatic carbocycles. The molecule has 4 rings (SSSR count). The van der Waals surface area contributed by atoms with Gasteiger partial charge in [-0.2, -0.15) is 4.98 Å². The minimum Gasteiger partial charge on any atom is -0.341 e. The molecule has 136 valence electrons. The van der Waals surface area contributed by atoms with Crippen LogP contribution in [0.3, 0.4) is 0 Å². The van der Waals surface area contributed by atoms with Crippen LogP contribution >= 0.6 is 0 Å². The topological polar surface area (TPSA) is 85.8 Å². The van der Waals surface area contributed by atoms with Gasteiger partial charge in [0.25, 0.3) is 0 Å². The van der Waals surface area contributed by atoms with Crippen molar-refractivity contribution in [1.29, 1.82) is 0 Å². The first-order valence-electron chi connectivity index (χ1n) is 9.07. The van der Waals surface area contributed by atoms with Gasteiger partial charge >= 0.3 is 0 Å². The molecule has 0 N–H and O–H groups in total. The van der Waals surface area contributed by atoms with Gasteiger partial charge in [0.2, 0.25) is 11.8 Å². The van der Waals surface area contributed by atoms with E-state index in [4.69, 9.17) is 4.52 Å². The van der Waals surface area contributed by atoms with E-state index in [1.807, 2.05) is 43.9 Å². The van der Waals surface area contributed by atoms with E-state index in [1.165, 1.54) is 12.8 Å². The van der Waals surface area contributed by atoms with Crippen molar-refractivity contribution in [3.8, 4) is 11.4 Å². The Morgan fingerprint density at radius 1 is 1.04 bits per heavy atom. The van der Waals surface area contributed by atoms with Gasteiger partial charge in [-0.05, 0) is 19.8 Å². The molecule has 8 heteroatoms. The molecule has 0 radical (unpaired) electrons. The number of hydrogen-bond donors (Lipinski definition) is 0. The van der Waals surface area contributed by atoms with Gasteiger partial charge in [-0.15, -0.1) is 0 Å². The molecular weight excluding hydrogens is 330 g/mol. The molecule has 1 fully saturated rings. The predicted molar refractivity (Wildman–Crippen MR) is 96.9 cm³/mol. The van der Waals surface area contributed by atoms with Crippen molar-refractivity contribution < 1.29 is 4.52 Å². The molecule has 1 aliphatic rings. The lowest BCUT2D eigenvalue weighted by atomic mass is 10.2. The van der Waals surface area contributed by atoms with Gasteiger partial charge < -0.3 is 14.0 Å². The van der Waals surface area contributed by atoms with Crippen LogP contribution in [0.1, 0.15) is 57.3 Å². The molecule has 0 saturated carbocycles. The van der Waals surface area contributed by atoms with Crippen molar-refractivity contribution in [2.75, 3.05) is 18.0 Å². The molecule has 3 aromatic rings. The minimum absolute atomic E-state index is 0.120. The molecule has 1 aliphatic heterocycles. The molecule has 0 bridgehead atoms. The molecule has 1 saturated heterocycles. The number of hydrogen-bond acceptors (Lipinski definition) is 7. The number of rotatable bonds is 5. The normalized spacial score (nSPS) is 15.8. The highest BCUT2D eigenvalue weighted by Crippen LogP contribution is 2.25. The van der Waals surface area contributed by atoms with Crippen molar-refractivity contribution in [2.45, 2.75) is 45.6 Å². The van der Waals surface area contributed by atoms with Crippen LogP contribution in [0.4, 0.5) is 5.95 Å². The summed E-state index contributed by atoms with van der Waals surface area (Å²) in [5.41, 5.74) is 0.869. The van der Waals surface area contributed by atoms with Gasteiger partial charge in [0.05, 0.1) is 5.56 Å².